The van der Waals surface area contributed by atoms with Crippen LogP contribution in [-0.4, -0.2) is 16.2 Å². The fraction of sp³-hybridized carbons (Fsp3) is 0.185. The summed E-state index contributed by atoms with van der Waals surface area (Å²) < 4.78 is 7.48. The van der Waals surface area contributed by atoms with Gasteiger partial charge in [0.25, 0.3) is 0 Å². The lowest BCUT2D eigenvalue weighted by atomic mass is 9.99. The summed E-state index contributed by atoms with van der Waals surface area (Å²) >= 11 is 0. The van der Waals surface area contributed by atoms with Crippen LogP contribution in [0.1, 0.15) is 30.9 Å². The second kappa shape index (κ2) is 9.00. The minimum absolute atomic E-state index is 0.265. The molecule has 31 heavy (non-hydrogen) atoms. The third-order valence-electron chi connectivity index (χ3n) is 5.35. The third kappa shape index (κ3) is 4.43. The van der Waals surface area contributed by atoms with Crippen LogP contribution in [0, 0.1) is 0 Å². The number of hydrogen-bond donors (Lipinski definition) is 0. The van der Waals surface area contributed by atoms with Gasteiger partial charge < -0.3 is 4.74 Å². The van der Waals surface area contributed by atoms with Gasteiger partial charge in [-0.1, -0.05) is 81.1 Å². The van der Waals surface area contributed by atoms with Crippen molar-refractivity contribution < 1.29 is 4.74 Å². The Morgan fingerprint density at radius 2 is 1.77 bits per heavy atom. The van der Waals surface area contributed by atoms with E-state index in [1.54, 1.807) is 10.6 Å². The Morgan fingerprint density at radius 3 is 2.45 bits per heavy atom. The van der Waals surface area contributed by atoms with Gasteiger partial charge in [0.15, 0.2) is 0 Å². The molecule has 0 atom stereocenters. The molecule has 0 amide bonds. The molecule has 0 saturated carbocycles. The van der Waals surface area contributed by atoms with Crippen molar-refractivity contribution >= 4 is 10.9 Å². The molecule has 1 aromatic heterocycles. The average molecular weight is 411 g/mol. The minimum atomic E-state index is -0.265. The Hall–Kier alpha value is -3.66. The first kappa shape index (κ1) is 20.6. The van der Waals surface area contributed by atoms with Crippen LogP contribution in [-0.2, 0) is 6.54 Å². The van der Waals surface area contributed by atoms with Crippen LogP contribution >= 0.6 is 0 Å². The van der Waals surface area contributed by atoms with Gasteiger partial charge in [-0.15, -0.1) is 0 Å². The molecule has 0 aliphatic carbocycles. The molecule has 0 aliphatic rings. The van der Waals surface area contributed by atoms with E-state index in [1.807, 2.05) is 60.7 Å². The summed E-state index contributed by atoms with van der Waals surface area (Å²) in [6.07, 6.45) is 1.71. The van der Waals surface area contributed by atoms with Crippen molar-refractivity contribution in [3.8, 4) is 17.0 Å². The van der Waals surface area contributed by atoms with Crippen LogP contribution in [0.3, 0.4) is 0 Å². The first-order valence-electron chi connectivity index (χ1n) is 10.5. The Kier molecular flexibility index (Phi) is 5.99. The van der Waals surface area contributed by atoms with Gasteiger partial charge in [0, 0.05) is 10.9 Å². The van der Waals surface area contributed by atoms with Crippen molar-refractivity contribution in [2.45, 2.75) is 26.3 Å². The van der Waals surface area contributed by atoms with E-state index in [2.05, 4.69) is 37.5 Å². The first-order chi connectivity index (χ1) is 15.1. The van der Waals surface area contributed by atoms with E-state index in [4.69, 9.17) is 4.74 Å². The molecule has 3 aromatic carbocycles. The maximum absolute atomic E-state index is 13.1. The topological polar surface area (TPSA) is 44.1 Å². The van der Waals surface area contributed by atoms with Crippen LogP contribution in [0.15, 0.2) is 90.2 Å². The van der Waals surface area contributed by atoms with Crippen molar-refractivity contribution in [1.82, 2.24) is 9.55 Å². The van der Waals surface area contributed by atoms with E-state index in [9.17, 15) is 4.79 Å². The summed E-state index contributed by atoms with van der Waals surface area (Å²) in [5.41, 5.74) is 4.45. The van der Waals surface area contributed by atoms with E-state index < -0.39 is 0 Å². The zero-order valence-electron chi connectivity index (χ0n) is 17.9. The van der Waals surface area contributed by atoms with Crippen LogP contribution in [0.5, 0.6) is 5.75 Å². The summed E-state index contributed by atoms with van der Waals surface area (Å²) in [5, 5.41) is 0.884. The molecular weight excluding hydrogens is 384 g/mol. The van der Waals surface area contributed by atoms with Crippen LogP contribution in [0.2, 0.25) is 0 Å². The molecule has 0 bridgehead atoms. The van der Waals surface area contributed by atoms with Crippen molar-refractivity contribution in [3.05, 3.63) is 107 Å². The second-order valence-corrected chi connectivity index (χ2v) is 7.87. The van der Waals surface area contributed by atoms with Crippen molar-refractivity contribution in [2.75, 3.05) is 6.61 Å². The number of ether oxygens (including phenoxy) is 1. The van der Waals surface area contributed by atoms with Gasteiger partial charge >= 0.3 is 5.69 Å². The quantitative estimate of drug-likeness (QED) is 0.362. The molecule has 0 fully saturated rings. The van der Waals surface area contributed by atoms with Crippen molar-refractivity contribution in [3.63, 3.8) is 0 Å². The van der Waals surface area contributed by atoms with Gasteiger partial charge in [-0.2, -0.15) is 4.98 Å². The van der Waals surface area contributed by atoms with Crippen molar-refractivity contribution in [1.29, 1.82) is 0 Å². The normalized spacial score (nSPS) is 11.1. The number of aromatic nitrogens is 2. The summed E-state index contributed by atoms with van der Waals surface area (Å²) in [7, 11) is 0. The van der Waals surface area contributed by atoms with Crippen LogP contribution in [0.25, 0.3) is 22.2 Å². The largest absolute Gasteiger partial charge is 0.490 e. The molecule has 1 heterocycles. The Bertz CT molecular complexity index is 1260. The monoisotopic (exact) mass is 410 g/mol. The second-order valence-electron chi connectivity index (χ2n) is 7.87. The van der Waals surface area contributed by atoms with Gasteiger partial charge in [0.1, 0.15) is 12.4 Å². The molecule has 0 spiro atoms. The molecule has 0 unspecified atom stereocenters. The number of fused-ring (bicyclic) bond motifs is 1. The maximum atomic E-state index is 13.1. The molecular formula is C27H26N2O2. The molecule has 156 valence electrons. The molecule has 0 saturated heterocycles. The van der Waals surface area contributed by atoms with Crippen LogP contribution in [0.4, 0.5) is 0 Å². The highest BCUT2D eigenvalue weighted by Crippen LogP contribution is 2.30. The lowest BCUT2D eigenvalue weighted by Gasteiger charge is -2.15. The van der Waals surface area contributed by atoms with Crippen molar-refractivity contribution in [2.24, 2.45) is 0 Å². The molecule has 4 nitrogen and oxygen atoms in total. The Morgan fingerprint density at radius 1 is 1.03 bits per heavy atom. The Balaban J connectivity index is 1.89. The number of benzene rings is 3. The van der Waals surface area contributed by atoms with Gasteiger partial charge in [-0.3, -0.25) is 4.57 Å². The SMILES string of the molecule is C=CCOc1ccc2c(c1)c(-c1ccc(C(C)C)cc1)nc(=O)n2Cc1ccccc1. The molecule has 0 N–H and O–H groups in total. The maximum Gasteiger partial charge on any atom is 0.348 e. The zero-order chi connectivity index (χ0) is 21.8. The fourth-order valence-electron chi connectivity index (χ4n) is 3.67. The number of rotatable bonds is 7. The first-order valence-corrected chi connectivity index (χ1v) is 10.5. The Labute approximate surface area is 182 Å². The zero-order valence-corrected chi connectivity index (χ0v) is 17.9. The summed E-state index contributed by atoms with van der Waals surface area (Å²) in [6, 6.07) is 24.0. The lowest BCUT2D eigenvalue weighted by Crippen LogP contribution is -2.24. The summed E-state index contributed by atoms with van der Waals surface area (Å²) in [5.74, 6) is 1.16. The lowest BCUT2D eigenvalue weighted by molar-refractivity contribution is 0.363. The minimum Gasteiger partial charge on any atom is -0.490 e. The highest BCUT2D eigenvalue weighted by Gasteiger charge is 2.14. The molecule has 0 aliphatic heterocycles. The standard InChI is InChI=1S/C27H26N2O2/c1-4-16-31-23-14-15-25-24(17-23)26(22-12-10-21(11-13-22)19(2)3)28-27(30)29(25)18-20-8-6-5-7-9-20/h4-15,17,19H,1,16,18H2,2-3H3. The molecule has 4 aromatic rings. The van der Waals surface area contributed by atoms with Gasteiger partial charge in [0.2, 0.25) is 0 Å². The predicted molar refractivity (Wildman–Crippen MR) is 127 cm³/mol. The van der Waals surface area contributed by atoms with E-state index in [0.717, 1.165) is 27.8 Å². The van der Waals surface area contributed by atoms with Gasteiger partial charge in [0.05, 0.1) is 17.8 Å². The van der Waals surface area contributed by atoms with E-state index in [1.165, 1.54) is 5.56 Å². The number of nitrogens with zero attached hydrogens (tertiary/aromatic N) is 2. The third-order valence-corrected chi connectivity index (χ3v) is 5.35. The molecule has 4 heteroatoms. The van der Waals surface area contributed by atoms with Gasteiger partial charge in [-0.25, -0.2) is 4.79 Å². The summed E-state index contributed by atoms with van der Waals surface area (Å²) in [6.45, 7) is 8.92. The average Bonchev–Trinajstić information content (AvgIpc) is 2.80. The molecule has 4 rings (SSSR count). The fourth-order valence-corrected chi connectivity index (χ4v) is 3.67. The van der Waals surface area contributed by atoms with E-state index >= 15 is 0 Å². The highest BCUT2D eigenvalue weighted by molar-refractivity contribution is 5.93. The highest BCUT2D eigenvalue weighted by atomic mass is 16.5. The molecule has 0 radical (unpaired) electrons. The number of hydrogen-bond acceptors (Lipinski definition) is 3. The van der Waals surface area contributed by atoms with E-state index in [-0.39, 0.29) is 5.69 Å². The van der Waals surface area contributed by atoms with E-state index in [0.29, 0.717) is 24.8 Å². The van der Waals surface area contributed by atoms with Gasteiger partial charge in [-0.05, 0) is 35.2 Å². The smallest absolute Gasteiger partial charge is 0.348 e. The van der Waals surface area contributed by atoms with Crippen LogP contribution < -0.4 is 10.4 Å². The summed E-state index contributed by atoms with van der Waals surface area (Å²) in [4.78, 5) is 17.6. The predicted octanol–water partition coefficient (Wildman–Crippen LogP) is 5.80.